The van der Waals surface area contributed by atoms with E-state index in [0.29, 0.717) is 23.0 Å². The van der Waals surface area contributed by atoms with Crippen LogP contribution < -0.4 is 14.8 Å². The fraction of sp³-hybridized carbons (Fsp3) is 0.0952. The van der Waals surface area contributed by atoms with Crippen molar-refractivity contribution in [2.24, 2.45) is 0 Å². The Morgan fingerprint density at radius 2 is 1.87 bits per heavy atom. The molecule has 0 saturated heterocycles. The number of nitrogens with zero attached hydrogens (tertiary/aromatic N) is 2. The first-order valence-corrected chi connectivity index (χ1v) is 9.67. The van der Waals surface area contributed by atoms with Crippen molar-refractivity contribution in [2.75, 3.05) is 19.5 Å². The number of aromatic nitrogens is 2. The van der Waals surface area contributed by atoms with Crippen molar-refractivity contribution in [3.63, 3.8) is 0 Å². The summed E-state index contributed by atoms with van der Waals surface area (Å²) in [7, 11) is 3.16. The number of thiophene rings is 1. The summed E-state index contributed by atoms with van der Waals surface area (Å²) in [6, 6.07) is 9.88. The summed E-state index contributed by atoms with van der Waals surface area (Å²) in [4.78, 5) is 20.8. The molecule has 0 aliphatic carbocycles. The van der Waals surface area contributed by atoms with Gasteiger partial charge in [-0.1, -0.05) is 6.07 Å². The second-order valence-corrected chi connectivity index (χ2v) is 7.14. The number of hydrogen-bond donors (Lipinski definition) is 3. The summed E-state index contributed by atoms with van der Waals surface area (Å²) in [6.07, 6.45) is 1.44. The van der Waals surface area contributed by atoms with E-state index in [9.17, 15) is 15.0 Å². The number of anilines is 2. The van der Waals surface area contributed by atoms with Gasteiger partial charge in [0.05, 0.1) is 19.6 Å². The van der Waals surface area contributed by atoms with Crippen LogP contribution in [0.15, 0.2) is 48.1 Å². The van der Waals surface area contributed by atoms with E-state index in [2.05, 4.69) is 15.3 Å². The van der Waals surface area contributed by atoms with Crippen molar-refractivity contribution in [1.29, 1.82) is 0 Å². The van der Waals surface area contributed by atoms with E-state index in [1.165, 1.54) is 29.8 Å². The van der Waals surface area contributed by atoms with Crippen molar-refractivity contribution in [3.8, 4) is 28.4 Å². The van der Waals surface area contributed by atoms with E-state index < -0.39 is 5.97 Å². The SMILES string of the molecule is COc1ccc(-c2csc3ncnc(Nc4ccc(O)c(C(=O)O)c4)c23)cc1OC. The average Bonchev–Trinajstić information content (AvgIpc) is 3.19. The van der Waals surface area contributed by atoms with E-state index in [0.717, 1.165) is 21.3 Å². The Morgan fingerprint density at radius 1 is 1.07 bits per heavy atom. The lowest BCUT2D eigenvalue weighted by molar-refractivity contribution is 0.0694. The van der Waals surface area contributed by atoms with Crippen LogP contribution in [-0.4, -0.2) is 40.4 Å². The van der Waals surface area contributed by atoms with E-state index >= 15 is 0 Å². The number of carboxylic acids is 1. The number of benzene rings is 2. The lowest BCUT2D eigenvalue weighted by atomic mass is 10.1. The Balaban J connectivity index is 1.81. The molecule has 0 amide bonds. The fourth-order valence-electron chi connectivity index (χ4n) is 3.11. The van der Waals surface area contributed by atoms with Crippen molar-refractivity contribution < 1.29 is 24.5 Å². The molecule has 30 heavy (non-hydrogen) atoms. The van der Waals surface area contributed by atoms with E-state index in [-0.39, 0.29) is 11.3 Å². The molecule has 8 nitrogen and oxygen atoms in total. The van der Waals surface area contributed by atoms with Gasteiger partial charge in [0.25, 0.3) is 0 Å². The van der Waals surface area contributed by atoms with Gasteiger partial charge >= 0.3 is 5.97 Å². The zero-order chi connectivity index (χ0) is 21.3. The maximum absolute atomic E-state index is 11.3. The quantitative estimate of drug-likeness (QED) is 0.388. The van der Waals surface area contributed by atoms with Gasteiger partial charge in [-0.2, -0.15) is 0 Å². The van der Waals surface area contributed by atoms with E-state index in [1.54, 1.807) is 20.3 Å². The average molecular weight is 423 g/mol. The predicted molar refractivity (Wildman–Crippen MR) is 114 cm³/mol. The first-order chi connectivity index (χ1) is 14.5. The topological polar surface area (TPSA) is 114 Å². The number of fused-ring (bicyclic) bond motifs is 1. The maximum atomic E-state index is 11.3. The van der Waals surface area contributed by atoms with Crippen LogP contribution in [0.2, 0.25) is 0 Å². The van der Waals surface area contributed by atoms with Gasteiger partial charge in [0.1, 0.15) is 28.3 Å². The van der Waals surface area contributed by atoms with Crippen LogP contribution >= 0.6 is 11.3 Å². The third kappa shape index (κ3) is 3.46. The number of nitrogens with one attached hydrogen (secondary N) is 1. The number of rotatable bonds is 6. The van der Waals surface area contributed by atoms with E-state index in [4.69, 9.17) is 9.47 Å². The summed E-state index contributed by atoms with van der Waals surface area (Å²) < 4.78 is 10.7. The Kier molecular flexibility index (Phi) is 5.11. The van der Waals surface area contributed by atoms with Crippen LogP contribution in [0.25, 0.3) is 21.3 Å². The Hall–Kier alpha value is -3.85. The van der Waals surface area contributed by atoms with Crippen LogP contribution in [-0.2, 0) is 0 Å². The zero-order valence-corrected chi connectivity index (χ0v) is 16.9. The molecule has 9 heteroatoms. The Morgan fingerprint density at radius 3 is 2.60 bits per heavy atom. The van der Waals surface area contributed by atoms with Gasteiger partial charge in [0, 0.05) is 16.6 Å². The van der Waals surface area contributed by atoms with Gasteiger partial charge in [0.15, 0.2) is 11.5 Å². The molecule has 4 rings (SSSR count). The van der Waals surface area contributed by atoms with Crippen LogP contribution in [0.3, 0.4) is 0 Å². The molecule has 4 aromatic rings. The normalized spacial score (nSPS) is 10.7. The molecule has 0 bridgehead atoms. The second kappa shape index (κ2) is 7.88. The number of hydrogen-bond acceptors (Lipinski definition) is 8. The zero-order valence-electron chi connectivity index (χ0n) is 16.0. The molecule has 0 aliphatic heterocycles. The minimum Gasteiger partial charge on any atom is -0.507 e. The Labute approximate surface area is 175 Å². The first kappa shape index (κ1) is 19.5. The maximum Gasteiger partial charge on any atom is 0.339 e. The highest BCUT2D eigenvalue weighted by molar-refractivity contribution is 7.17. The lowest BCUT2D eigenvalue weighted by Crippen LogP contribution is -2.00. The summed E-state index contributed by atoms with van der Waals surface area (Å²) in [5.74, 6) is 0.229. The van der Waals surface area contributed by atoms with Gasteiger partial charge in [-0.05, 0) is 35.9 Å². The summed E-state index contributed by atoms with van der Waals surface area (Å²) in [5, 5.41) is 24.9. The molecular formula is C21H17N3O5S. The van der Waals surface area contributed by atoms with Gasteiger partial charge in [-0.15, -0.1) is 11.3 Å². The first-order valence-electron chi connectivity index (χ1n) is 8.79. The third-order valence-electron chi connectivity index (χ3n) is 4.55. The van der Waals surface area contributed by atoms with Crippen LogP contribution in [0.5, 0.6) is 17.2 Å². The molecule has 0 atom stereocenters. The minimum absolute atomic E-state index is 0.198. The molecule has 2 aromatic carbocycles. The molecule has 0 fully saturated rings. The molecule has 0 spiro atoms. The highest BCUT2D eigenvalue weighted by Crippen LogP contribution is 2.40. The summed E-state index contributed by atoms with van der Waals surface area (Å²) in [5.41, 5.74) is 2.08. The molecule has 2 heterocycles. The van der Waals surface area contributed by atoms with Crippen LogP contribution in [0, 0.1) is 0 Å². The summed E-state index contributed by atoms with van der Waals surface area (Å²) >= 11 is 1.47. The number of ether oxygens (including phenoxy) is 2. The second-order valence-electron chi connectivity index (χ2n) is 6.28. The van der Waals surface area contributed by atoms with Crippen LogP contribution in [0.4, 0.5) is 11.5 Å². The number of carbonyl (C=O) groups is 1. The standard InChI is InChI=1S/C21H17N3O5S/c1-28-16-6-3-11(7-17(16)29-2)14-9-30-20-18(14)19(22-10-23-20)24-12-4-5-15(25)13(8-12)21(26)27/h3-10,25H,1-2H3,(H,26,27)(H,22,23,24). The van der Waals surface area contributed by atoms with E-state index in [1.807, 2.05) is 23.6 Å². The monoisotopic (exact) mass is 423 g/mol. The van der Waals surface area contributed by atoms with Gasteiger partial charge in [0.2, 0.25) is 0 Å². The number of aromatic hydroxyl groups is 1. The molecule has 3 N–H and O–H groups in total. The summed E-state index contributed by atoms with van der Waals surface area (Å²) in [6.45, 7) is 0. The third-order valence-corrected chi connectivity index (χ3v) is 5.44. The number of aromatic carboxylic acids is 1. The molecule has 152 valence electrons. The predicted octanol–water partition coefficient (Wildman–Crippen LogP) is 4.52. The van der Waals surface area contributed by atoms with Gasteiger partial charge < -0.3 is 25.0 Å². The van der Waals surface area contributed by atoms with Crippen LogP contribution in [0.1, 0.15) is 10.4 Å². The minimum atomic E-state index is -1.22. The highest BCUT2D eigenvalue weighted by atomic mass is 32.1. The van der Waals surface area contributed by atoms with Gasteiger partial charge in [-0.25, -0.2) is 14.8 Å². The lowest BCUT2D eigenvalue weighted by Gasteiger charge is -2.11. The molecule has 0 unspecified atom stereocenters. The molecule has 2 aromatic heterocycles. The Bertz CT molecular complexity index is 1250. The molecular weight excluding hydrogens is 406 g/mol. The number of phenols is 1. The van der Waals surface area contributed by atoms with Crippen molar-refractivity contribution >= 4 is 39.0 Å². The molecule has 0 saturated carbocycles. The fourth-order valence-corrected chi connectivity index (χ4v) is 4.02. The molecule has 0 radical (unpaired) electrons. The van der Waals surface area contributed by atoms with Crippen molar-refractivity contribution in [1.82, 2.24) is 9.97 Å². The van der Waals surface area contributed by atoms with Crippen molar-refractivity contribution in [3.05, 3.63) is 53.7 Å². The highest BCUT2D eigenvalue weighted by Gasteiger charge is 2.16. The number of methoxy groups -OCH3 is 2. The number of carboxylic acid groups (broad SMARTS) is 1. The smallest absolute Gasteiger partial charge is 0.339 e. The largest absolute Gasteiger partial charge is 0.507 e. The molecule has 0 aliphatic rings. The van der Waals surface area contributed by atoms with Crippen molar-refractivity contribution in [2.45, 2.75) is 0 Å². The van der Waals surface area contributed by atoms with Gasteiger partial charge in [-0.3, -0.25) is 0 Å².